The number of benzene rings is 2. The van der Waals surface area contributed by atoms with Gasteiger partial charge in [-0.3, -0.25) is 4.79 Å². The zero-order valence-corrected chi connectivity index (χ0v) is 13.4. The smallest absolute Gasteiger partial charge is 0.226 e. The molecule has 1 amide bonds. The maximum absolute atomic E-state index is 13.1. The van der Waals surface area contributed by atoms with Gasteiger partial charge in [-0.05, 0) is 42.7 Å². The third-order valence-corrected chi connectivity index (χ3v) is 4.31. The van der Waals surface area contributed by atoms with Crippen molar-refractivity contribution in [3.05, 3.63) is 58.9 Å². The highest BCUT2D eigenvalue weighted by atomic mass is 35.5. The Morgan fingerprint density at radius 2 is 2.09 bits per heavy atom. The standard InChI is InChI=1S/C18H18ClFN2O/c19-15-12-14(7-8-16(15)20)21-18(23)9-11-22-10-3-5-13-4-1-2-6-17(13)22/h1-2,4,6-8,12H,3,5,9-11H2,(H,21,23). The molecule has 2 aromatic carbocycles. The Morgan fingerprint density at radius 1 is 1.26 bits per heavy atom. The lowest BCUT2D eigenvalue weighted by Gasteiger charge is -2.31. The normalized spacial score (nSPS) is 13.6. The number of aryl methyl sites for hydroxylation is 1. The number of fused-ring (bicyclic) bond motifs is 1. The number of anilines is 2. The van der Waals surface area contributed by atoms with Crippen molar-refractivity contribution < 1.29 is 9.18 Å². The molecule has 0 unspecified atom stereocenters. The van der Waals surface area contributed by atoms with Crippen LogP contribution >= 0.6 is 11.6 Å². The van der Waals surface area contributed by atoms with Gasteiger partial charge in [0.05, 0.1) is 5.02 Å². The molecule has 1 aliphatic heterocycles. The van der Waals surface area contributed by atoms with E-state index in [0.717, 1.165) is 19.4 Å². The van der Waals surface area contributed by atoms with Crippen molar-refractivity contribution in [3.8, 4) is 0 Å². The maximum atomic E-state index is 13.1. The predicted molar refractivity (Wildman–Crippen MR) is 91.6 cm³/mol. The van der Waals surface area contributed by atoms with Crippen LogP contribution in [0.15, 0.2) is 42.5 Å². The summed E-state index contributed by atoms with van der Waals surface area (Å²) in [5.74, 6) is -0.592. The van der Waals surface area contributed by atoms with Crippen molar-refractivity contribution in [1.29, 1.82) is 0 Å². The number of nitrogens with zero attached hydrogens (tertiary/aromatic N) is 1. The van der Waals surface area contributed by atoms with Crippen LogP contribution in [0.3, 0.4) is 0 Å². The minimum Gasteiger partial charge on any atom is -0.371 e. The summed E-state index contributed by atoms with van der Waals surface area (Å²) in [6, 6.07) is 12.5. The molecule has 1 aliphatic rings. The summed E-state index contributed by atoms with van der Waals surface area (Å²) in [4.78, 5) is 14.3. The zero-order chi connectivity index (χ0) is 16.2. The summed E-state index contributed by atoms with van der Waals surface area (Å²) >= 11 is 5.72. The van der Waals surface area contributed by atoms with Crippen molar-refractivity contribution in [1.82, 2.24) is 0 Å². The molecular formula is C18H18ClFN2O. The Bertz CT molecular complexity index is 720. The molecule has 0 atom stereocenters. The fraction of sp³-hybridized carbons (Fsp3) is 0.278. The van der Waals surface area contributed by atoms with E-state index in [-0.39, 0.29) is 10.9 Å². The molecule has 0 aliphatic carbocycles. The van der Waals surface area contributed by atoms with Gasteiger partial charge in [-0.25, -0.2) is 4.39 Å². The van der Waals surface area contributed by atoms with Crippen molar-refractivity contribution in [2.24, 2.45) is 0 Å². The van der Waals surface area contributed by atoms with Crippen LogP contribution in [0.4, 0.5) is 15.8 Å². The molecule has 0 fully saturated rings. The highest BCUT2D eigenvalue weighted by Gasteiger charge is 2.17. The van der Waals surface area contributed by atoms with Gasteiger partial charge < -0.3 is 10.2 Å². The molecule has 120 valence electrons. The summed E-state index contributed by atoms with van der Waals surface area (Å²) in [6.45, 7) is 1.63. The Morgan fingerprint density at radius 3 is 2.91 bits per heavy atom. The van der Waals surface area contributed by atoms with Crippen LogP contribution in [0.5, 0.6) is 0 Å². The molecule has 23 heavy (non-hydrogen) atoms. The van der Waals surface area contributed by atoms with Gasteiger partial charge in [0.25, 0.3) is 0 Å². The molecule has 1 heterocycles. The molecule has 3 rings (SSSR count). The molecule has 0 bridgehead atoms. The minimum atomic E-state index is -0.491. The molecule has 5 heteroatoms. The number of rotatable bonds is 4. The second-order valence-corrected chi connectivity index (χ2v) is 6.05. The SMILES string of the molecule is O=C(CCN1CCCc2ccccc21)Nc1ccc(F)c(Cl)c1. The van der Waals surface area contributed by atoms with E-state index in [4.69, 9.17) is 11.6 Å². The lowest BCUT2D eigenvalue weighted by Crippen LogP contribution is -2.32. The molecule has 1 N–H and O–H groups in total. The van der Waals surface area contributed by atoms with Crippen LogP contribution in [-0.4, -0.2) is 19.0 Å². The summed E-state index contributed by atoms with van der Waals surface area (Å²) in [5.41, 5.74) is 3.07. The summed E-state index contributed by atoms with van der Waals surface area (Å²) in [5, 5.41) is 2.76. The highest BCUT2D eigenvalue weighted by Crippen LogP contribution is 2.26. The largest absolute Gasteiger partial charge is 0.371 e. The van der Waals surface area contributed by atoms with Crippen molar-refractivity contribution in [2.45, 2.75) is 19.3 Å². The number of hydrogen-bond acceptors (Lipinski definition) is 2. The maximum Gasteiger partial charge on any atom is 0.226 e. The van der Waals surface area contributed by atoms with Gasteiger partial charge in [0.1, 0.15) is 5.82 Å². The Hall–Kier alpha value is -2.07. The first-order valence-corrected chi connectivity index (χ1v) is 8.09. The van der Waals surface area contributed by atoms with Crippen LogP contribution in [0.2, 0.25) is 5.02 Å². The quantitative estimate of drug-likeness (QED) is 0.907. The number of carbonyl (C=O) groups excluding carboxylic acids is 1. The fourth-order valence-corrected chi connectivity index (χ4v) is 3.06. The zero-order valence-electron chi connectivity index (χ0n) is 12.7. The molecule has 3 nitrogen and oxygen atoms in total. The number of para-hydroxylation sites is 1. The van der Waals surface area contributed by atoms with Crippen LogP contribution < -0.4 is 10.2 Å². The van der Waals surface area contributed by atoms with E-state index < -0.39 is 5.82 Å². The van der Waals surface area contributed by atoms with Crippen molar-refractivity contribution in [3.63, 3.8) is 0 Å². The number of halogens is 2. The van der Waals surface area contributed by atoms with Crippen molar-refractivity contribution in [2.75, 3.05) is 23.3 Å². The van der Waals surface area contributed by atoms with Gasteiger partial charge in [-0.15, -0.1) is 0 Å². The van der Waals surface area contributed by atoms with E-state index in [1.54, 1.807) is 0 Å². The topological polar surface area (TPSA) is 32.3 Å². The predicted octanol–water partition coefficient (Wildman–Crippen LogP) is 4.26. The van der Waals surface area contributed by atoms with Crippen LogP contribution in [-0.2, 0) is 11.2 Å². The van der Waals surface area contributed by atoms with E-state index in [1.807, 2.05) is 12.1 Å². The summed E-state index contributed by atoms with van der Waals surface area (Å²) in [6.07, 6.45) is 2.57. The number of nitrogens with one attached hydrogen (secondary N) is 1. The minimum absolute atomic E-state index is 0.00718. The first-order valence-electron chi connectivity index (χ1n) is 7.71. The van der Waals surface area contributed by atoms with E-state index in [1.165, 1.54) is 29.4 Å². The Balaban J connectivity index is 1.58. The summed E-state index contributed by atoms with van der Waals surface area (Å²) < 4.78 is 13.1. The lowest BCUT2D eigenvalue weighted by atomic mass is 10.0. The second-order valence-electron chi connectivity index (χ2n) is 5.65. The number of amides is 1. The number of carbonyl (C=O) groups is 1. The average molecular weight is 333 g/mol. The first-order chi connectivity index (χ1) is 11.1. The van der Waals surface area contributed by atoms with Gasteiger partial charge in [-0.2, -0.15) is 0 Å². The van der Waals surface area contributed by atoms with Gasteiger partial charge >= 0.3 is 0 Å². The molecule has 0 saturated heterocycles. The van der Waals surface area contributed by atoms with Crippen LogP contribution in [0.1, 0.15) is 18.4 Å². The molecular weight excluding hydrogens is 315 g/mol. The van der Waals surface area contributed by atoms with Gasteiger partial charge in [-0.1, -0.05) is 29.8 Å². The average Bonchev–Trinajstić information content (AvgIpc) is 2.56. The third kappa shape index (κ3) is 3.82. The fourth-order valence-electron chi connectivity index (χ4n) is 2.88. The van der Waals surface area contributed by atoms with Crippen LogP contribution in [0.25, 0.3) is 0 Å². The Kier molecular flexibility index (Phi) is 4.82. The third-order valence-electron chi connectivity index (χ3n) is 4.02. The summed E-state index contributed by atoms with van der Waals surface area (Å²) in [7, 11) is 0. The Labute approximate surface area is 140 Å². The highest BCUT2D eigenvalue weighted by molar-refractivity contribution is 6.31. The van der Waals surface area contributed by atoms with Gasteiger partial charge in [0.2, 0.25) is 5.91 Å². The van der Waals surface area contributed by atoms with E-state index in [9.17, 15) is 9.18 Å². The van der Waals surface area contributed by atoms with E-state index in [0.29, 0.717) is 18.7 Å². The first kappa shape index (κ1) is 15.8. The lowest BCUT2D eigenvalue weighted by molar-refractivity contribution is -0.116. The molecule has 2 aromatic rings. The van der Waals surface area contributed by atoms with E-state index in [2.05, 4.69) is 22.3 Å². The van der Waals surface area contributed by atoms with Gasteiger partial charge in [0, 0.05) is 30.9 Å². The number of hydrogen-bond donors (Lipinski definition) is 1. The molecule has 0 saturated carbocycles. The molecule has 0 spiro atoms. The van der Waals surface area contributed by atoms with Crippen LogP contribution in [0, 0.1) is 5.82 Å². The van der Waals surface area contributed by atoms with E-state index >= 15 is 0 Å². The monoisotopic (exact) mass is 332 g/mol. The molecule has 0 aromatic heterocycles. The second kappa shape index (κ2) is 7.01. The van der Waals surface area contributed by atoms with Crippen molar-refractivity contribution >= 4 is 28.9 Å². The molecule has 0 radical (unpaired) electrons. The van der Waals surface area contributed by atoms with Gasteiger partial charge in [0.15, 0.2) is 0 Å².